The summed E-state index contributed by atoms with van der Waals surface area (Å²) in [6.45, 7) is 3.68. The van der Waals surface area contributed by atoms with Crippen LogP contribution in [0.5, 0.6) is 0 Å². The zero-order valence-electron chi connectivity index (χ0n) is 21.8. The second kappa shape index (κ2) is 11.4. The molecule has 0 aromatic carbocycles. The van der Waals surface area contributed by atoms with Crippen molar-refractivity contribution in [1.82, 2.24) is 39.0 Å². The molecule has 0 N–H and O–H groups in total. The second-order valence-corrected chi connectivity index (χ2v) is 9.53. The molecule has 0 spiro atoms. The standard InChI is InChI=1S/C29H18F4N8.Pt/c1-29(2,23-13-17(40-9-7-34-15-40)11-21(36-23)19-3-5-25(30)38-27(19)32)24-14-18(41-10-8-35-16-41)12-22(37-24)20-4-6-26(31)39-28(20)33;/h5-16H,1-2H3;/q-2;+2. The Balaban J connectivity index is 0.00000353. The van der Waals surface area contributed by atoms with Crippen molar-refractivity contribution in [3.63, 3.8) is 0 Å². The molecule has 8 nitrogen and oxygen atoms in total. The Morgan fingerprint density at radius 1 is 0.643 bits per heavy atom. The number of nitrogens with zero attached hydrogens (tertiary/aromatic N) is 8. The van der Waals surface area contributed by atoms with Gasteiger partial charge in [0.15, 0.2) is 0 Å². The van der Waals surface area contributed by atoms with Gasteiger partial charge in [0, 0.05) is 53.0 Å². The molecule has 0 fully saturated rings. The van der Waals surface area contributed by atoms with E-state index >= 15 is 0 Å². The van der Waals surface area contributed by atoms with Gasteiger partial charge in [-0.15, -0.1) is 12.1 Å². The third-order valence-corrected chi connectivity index (χ3v) is 6.51. The first-order chi connectivity index (χ1) is 19.7. The first kappa shape index (κ1) is 28.9. The Bertz CT molecular complexity index is 1740. The van der Waals surface area contributed by atoms with E-state index in [1.165, 1.54) is 0 Å². The number of hydrogen-bond donors (Lipinski definition) is 0. The average Bonchev–Trinajstić information content (AvgIpc) is 3.68. The summed E-state index contributed by atoms with van der Waals surface area (Å²) in [5, 5.41) is 0. The van der Waals surface area contributed by atoms with Crippen LogP contribution in [0.3, 0.4) is 0 Å². The molecule has 0 aliphatic carbocycles. The van der Waals surface area contributed by atoms with E-state index in [-0.39, 0.29) is 43.6 Å². The number of imidazole rings is 2. The number of rotatable bonds is 6. The maximum absolute atomic E-state index is 14.7. The Hall–Kier alpha value is -4.57. The molecule has 0 saturated heterocycles. The molecule has 0 amide bonds. The van der Waals surface area contributed by atoms with E-state index in [4.69, 9.17) is 9.97 Å². The minimum absolute atomic E-state index is 0. The van der Waals surface area contributed by atoms with Gasteiger partial charge in [0.25, 0.3) is 0 Å². The van der Waals surface area contributed by atoms with Crippen molar-refractivity contribution in [2.75, 3.05) is 0 Å². The van der Waals surface area contributed by atoms with Gasteiger partial charge in [0.2, 0.25) is 0 Å². The summed E-state index contributed by atoms with van der Waals surface area (Å²) in [7, 11) is 0. The third kappa shape index (κ3) is 5.49. The van der Waals surface area contributed by atoms with Gasteiger partial charge in [0.05, 0.1) is 12.7 Å². The normalized spacial score (nSPS) is 11.4. The Labute approximate surface area is 251 Å². The molecule has 42 heavy (non-hydrogen) atoms. The van der Waals surface area contributed by atoms with Crippen molar-refractivity contribution in [2.45, 2.75) is 19.3 Å². The molecule has 0 radical (unpaired) electrons. The average molecular weight is 750 g/mol. The van der Waals surface area contributed by atoms with Gasteiger partial charge in [-0.2, -0.15) is 0 Å². The predicted molar refractivity (Wildman–Crippen MR) is 139 cm³/mol. The molecular weight excluding hydrogens is 731 g/mol. The van der Waals surface area contributed by atoms with Crippen LogP contribution >= 0.6 is 0 Å². The summed E-state index contributed by atoms with van der Waals surface area (Å²) < 4.78 is 60.0. The molecular formula is C29H18F4N8Pt. The maximum atomic E-state index is 14.7. The second-order valence-electron chi connectivity index (χ2n) is 9.53. The van der Waals surface area contributed by atoms with Gasteiger partial charge >= 0.3 is 21.1 Å². The van der Waals surface area contributed by atoms with E-state index in [1.54, 1.807) is 70.8 Å². The molecule has 0 unspecified atom stereocenters. The largest absolute Gasteiger partial charge is 2.00 e. The van der Waals surface area contributed by atoms with Crippen LogP contribution < -0.4 is 0 Å². The molecule has 0 bridgehead atoms. The zero-order chi connectivity index (χ0) is 28.7. The number of aromatic nitrogens is 8. The van der Waals surface area contributed by atoms with Crippen LogP contribution in [0.1, 0.15) is 25.2 Å². The van der Waals surface area contributed by atoms with E-state index in [2.05, 4.69) is 32.1 Å². The van der Waals surface area contributed by atoms with Crippen molar-refractivity contribution in [2.24, 2.45) is 0 Å². The van der Waals surface area contributed by atoms with Crippen LogP contribution in [-0.2, 0) is 26.5 Å². The fourth-order valence-electron chi connectivity index (χ4n) is 4.29. The number of pyridine rings is 4. The smallest absolute Gasteiger partial charge is 0.307 e. The van der Waals surface area contributed by atoms with E-state index < -0.39 is 29.2 Å². The Morgan fingerprint density at radius 2 is 1.07 bits per heavy atom. The van der Waals surface area contributed by atoms with Crippen LogP contribution in [0.4, 0.5) is 17.6 Å². The Morgan fingerprint density at radius 3 is 1.43 bits per heavy atom. The van der Waals surface area contributed by atoms with Crippen molar-refractivity contribution >= 4 is 0 Å². The van der Waals surface area contributed by atoms with Gasteiger partial charge < -0.3 is 19.1 Å². The third-order valence-electron chi connectivity index (χ3n) is 6.51. The summed E-state index contributed by atoms with van der Waals surface area (Å²) >= 11 is 0. The molecule has 6 heterocycles. The summed E-state index contributed by atoms with van der Waals surface area (Å²) in [5.41, 5.74) is 1.12. The minimum atomic E-state index is -1.07. The first-order valence-corrected chi connectivity index (χ1v) is 12.2. The topological polar surface area (TPSA) is 87.2 Å². The van der Waals surface area contributed by atoms with Gasteiger partial charge in [0.1, 0.15) is 23.8 Å². The zero-order valence-corrected chi connectivity index (χ0v) is 24.1. The molecule has 6 aromatic rings. The Kier molecular flexibility index (Phi) is 7.83. The van der Waals surface area contributed by atoms with Crippen molar-refractivity contribution in [3.8, 4) is 33.9 Å². The maximum Gasteiger partial charge on any atom is 2.00 e. The van der Waals surface area contributed by atoms with Gasteiger partial charge in [-0.1, -0.05) is 35.4 Å². The van der Waals surface area contributed by atoms with Crippen LogP contribution in [-0.4, -0.2) is 39.0 Å². The minimum Gasteiger partial charge on any atom is -0.307 e. The van der Waals surface area contributed by atoms with Gasteiger partial charge in [-0.3, -0.25) is 9.97 Å². The van der Waals surface area contributed by atoms with Gasteiger partial charge in [-0.05, 0) is 37.4 Å². The monoisotopic (exact) mass is 749 g/mol. The van der Waals surface area contributed by atoms with Crippen LogP contribution in [0, 0.1) is 35.9 Å². The molecule has 212 valence electrons. The van der Waals surface area contributed by atoms with Gasteiger partial charge in [-0.25, -0.2) is 27.5 Å². The summed E-state index contributed by atoms with van der Waals surface area (Å²) in [5.74, 6) is -4.15. The van der Waals surface area contributed by atoms with Crippen molar-refractivity contribution < 1.29 is 38.6 Å². The summed E-state index contributed by atoms with van der Waals surface area (Å²) in [6, 6.07) is 13.8. The molecule has 6 rings (SSSR count). The molecule has 0 saturated carbocycles. The summed E-state index contributed by atoms with van der Waals surface area (Å²) in [6.07, 6.45) is 9.71. The van der Waals surface area contributed by atoms with E-state index in [0.29, 0.717) is 22.8 Å². The van der Waals surface area contributed by atoms with Crippen LogP contribution in [0.15, 0.2) is 73.8 Å². The molecule has 6 aromatic heterocycles. The van der Waals surface area contributed by atoms with Crippen molar-refractivity contribution in [1.29, 1.82) is 0 Å². The molecule has 0 aliphatic heterocycles. The van der Waals surface area contributed by atoms with E-state index in [9.17, 15) is 17.6 Å². The van der Waals surface area contributed by atoms with Crippen LogP contribution in [0.2, 0.25) is 0 Å². The quantitative estimate of drug-likeness (QED) is 0.128. The molecule has 0 atom stereocenters. The van der Waals surface area contributed by atoms with E-state index in [1.807, 2.05) is 13.8 Å². The predicted octanol–water partition coefficient (Wildman–Crippen LogP) is 5.45. The fourth-order valence-corrected chi connectivity index (χ4v) is 4.29. The molecule has 0 aliphatic rings. The first-order valence-electron chi connectivity index (χ1n) is 12.2. The van der Waals surface area contributed by atoms with Crippen molar-refractivity contribution in [3.05, 3.63) is 121 Å². The fraction of sp³-hybridized carbons (Fsp3) is 0.103. The SMILES string of the molecule is CC(C)(c1cc(-n2ccnc2)cc(-c2[c-]cc(F)nc2F)n1)c1cc(-n2ccnc2)cc(-c2[c-]cc(F)nc2F)n1.[Pt+2]. The number of halogens is 4. The van der Waals surface area contributed by atoms with Crippen LogP contribution in [0.25, 0.3) is 33.9 Å². The molecule has 13 heteroatoms. The summed E-state index contributed by atoms with van der Waals surface area (Å²) in [4.78, 5) is 24.1. The number of hydrogen-bond acceptors (Lipinski definition) is 6. The van der Waals surface area contributed by atoms with E-state index in [0.717, 1.165) is 12.1 Å².